The van der Waals surface area contributed by atoms with E-state index in [-0.39, 0.29) is 28.7 Å². The smallest absolute Gasteiger partial charge is 0.191 e. The Hall–Kier alpha value is 0.350. The minimum atomic E-state index is 0. The summed E-state index contributed by atoms with van der Waals surface area (Å²) in [6, 6.07) is 0. The summed E-state index contributed by atoms with van der Waals surface area (Å²) in [7, 11) is 1.79. The van der Waals surface area contributed by atoms with Gasteiger partial charge in [-0.25, -0.2) is 0 Å². The zero-order valence-corrected chi connectivity index (χ0v) is 12.8. The minimum absolute atomic E-state index is 0. The van der Waals surface area contributed by atoms with E-state index in [9.17, 15) is 0 Å². The number of halogens is 1. The first-order chi connectivity index (χ1) is 6.05. The van der Waals surface area contributed by atoms with Gasteiger partial charge in [-0.05, 0) is 27.0 Å². The Bertz CT molecular complexity index is 171. The Morgan fingerprint density at radius 2 is 1.93 bits per heavy atom. The predicted molar refractivity (Wildman–Crippen MR) is 78.0 cm³/mol. The maximum Gasteiger partial charge on any atom is 0.191 e. The molecule has 0 bridgehead atoms. The van der Waals surface area contributed by atoms with Crippen molar-refractivity contribution in [3.05, 3.63) is 0 Å². The van der Waals surface area contributed by atoms with Crippen molar-refractivity contribution in [2.75, 3.05) is 26.4 Å². The molecule has 0 amide bonds. The molecule has 2 N–H and O–H groups in total. The van der Waals surface area contributed by atoms with Crippen LogP contribution in [0.25, 0.3) is 0 Å². The van der Waals surface area contributed by atoms with E-state index in [1.54, 1.807) is 7.05 Å². The Morgan fingerprint density at radius 1 is 1.36 bits per heavy atom. The third-order valence-corrected chi connectivity index (χ3v) is 3.05. The van der Waals surface area contributed by atoms with Crippen LogP contribution >= 0.6 is 35.7 Å². The normalized spacial score (nSPS) is 11.9. The lowest BCUT2D eigenvalue weighted by Gasteiger charge is -2.23. The molecule has 0 aromatic rings. The van der Waals surface area contributed by atoms with Crippen LogP contribution in [0.5, 0.6) is 0 Å². The average molecular weight is 331 g/mol. The number of hydrogen-bond acceptors (Lipinski definition) is 2. The molecule has 86 valence electrons. The van der Waals surface area contributed by atoms with Crippen molar-refractivity contribution < 1.29 is 0 Å². The molecule has 0 aliphatic carbocycles. The molecule has 0 aliphatic heterocycles. The van der Waals surface area contributed by atoms with Crippen LogP contribution in [0.4, 0.5) is 0 Å². The van der Waals surface area contributed by atoms with E-state index < -0.39 is 0 Å². The van der Waals surface area contributed by atoms with Gasteiger partial charge >= 0.3 is 0 Å². The van der Waals surface area contributed by atoms with Gasteiger partial charge in [0.1, 0.15) is 0 Å². The van der Waals surface area contributed by atoms with E-state index in [1.165, 1.54) is 0 Å². The summed E-state index contributed by atoms with van der Waals surface area (Å²) < 4.78 is 0.255. The second kappa shape index (κ2) is 8.64. The van der Waals surface area contributed by atoms with Crippen molar-refractivity contribution in [1.82, 2.24) is 10.6 Å². The van der Waals surface area contributed by atoms with Crippen LogP contribution in [0.15, 0.2) is 4.99 Å². The maximum absolute atomic E-state index is 4.10. The number of thioether (sulfide) groups is 1. The van der Waals surface area contributed by atoms with Gasteiger partial charge in [0.15, 0.2) is 5.96 Å². The van der Waals surface area contributed by atoms with Gasteiger partial charge in [0.2, 0.25) is 0 Å². The molecule has 0 aromatic heterocycles. The lowest BCUT2D eigenvalue weighted by Crippen LogP contribution is -2.43. The van der Waals surface area contributed by atoms with Crippen LogP contribution < -0.4 is 10.6 Å². The van der Waals surface area contributed by atoms with Crippen molar-refractivity contribution in [2.45, 2.75) is 25.5 Å². The molecule has 0 saturated carbocycles. The van der Waals surface area contributed by atoms with Gasteiger partial charge in [0.25, 0.3) is 0 Å². The van der Waals surface area contributed by atoms with E-state index in [4.69, 9.17) is 0 Å². The fourth-order valence-electron chi connectivity index (χ4n) is 0.757. The van der Waals surface area contributed by atoms with Crippen LogP contribution in [-0.2, 0) is 0 Å². The van der Waals surface area contributed by atoms with Crippen molar-refractivity contribution >= 4 is 41.7 Å². The SMILES string of the molecule is CCNC(=NC)NCC(C)(C)SC.I. The van der Waals surface area contributed by atoms with Gasteiger partial charge in [-0.3, -0.25) is 4.99 Å². The number of guanidine groups is 1. The third-order valence-electron chi connectivity index (χ3n) is 1.80. The standard InChI is InChI=1S/C9H21N3S.HI/c1-6-11-8(10-4)12-7-9(2,3)13-5;/h6-7H2,1-5H3,(H2,10,11,12);1H. The Kier molecular flexibility index (Phi) is 10.4. The van der Waals surface area contributed by atoms with Gasteiger partial charge < -0.3 is 10.6 Å². The van der Waals surface area contributed by atoms with E-state index in [0.717, 1.165) is 19.0 Å². The maximum atomic E-state index is 4.10. The van der Waals surface area contributed by atoms with E-state index in [0.29, 0.717) is 0 Å². The first-order valence-corrected chi connectivity index (χ1v) is 5.78. The monoisotopic (exact) mass is 331 g/mol. The van der Waals surface area contributed by atoms with Gasteiger partial charge in [0, 0.05) is 24.9 Å². The number of aliphatic imine (C=N–C) groups is 1. The predicted octanol–water partition coefficient (Wildman–Crippen LogP) is 1.93. The second-order valence-electron chi connectivity index (χ2n) is 3.42. The van der Waals surface area contributed by atoms with E-state index >= 15 is 0 Å². The first kappa shape index (κ1) is 16.8. The highest BCUT2D eigenvalue weighted by atomic mass is 127. The van der Waals surface area contributed by atoms with Gasteiger partial charge in [-0.15, -0.1) is 24.0 Å². The molecular formula is C9H22IN3S. The highest BCUT2D eigenvalue weighted by Crippen LogP contribution is 2.19. The molecule has 0 heterocycles. The highest BCUT2D eigenvalue weighted by Gasteiger charge is 2.15. The average Bonchev–Trinajstić information content (AvgIpc) is 2.12. The zero-order chi connectivity index (χ0) is 10.3. The summed E-state index contributed by atoms with van der Waals surface area (Å²) in [5.41, 5.74) is 0. The molecule has 0 aromatic carbocycles. The lowest BCUT2D eigenvalue weighted by molar-refractivity contribution is 0.667. The number of nitrogens with zero attached hydrogens (tertiary/aromatic N) is 1. The number of nitrogens with one attached hydrogen (secondary N) is 2. The van der Waals surface area contributed by atoms with Crippen molar-refractivity contribution in [3.63, 3.8) is 0 Å². The first-order valence-electron chi connectivity index (χ1n) is 4.55. The summed E-state index contributed by atoms with van der Waals surface area (Å²) in [6.45, 7) is 8.31. The molecule has 5 heteroatoms. The Balaban J connectivity index is 0. The second-order valence-corrected chi connectivity index (χ2v) is 4.93. The molecule has 0 rings (SSSR count). The lowest BCUT2D eigenvalue weighted by atomic mass is 10.2. The summed E-state index contributed by atoms with van der Waals surface area (Å²) in [5.74, 6) is 0.879. The molecule has 0 unspecified atom stereocenters. The molecule has 0 spiro atoms. The highest BCUT2D eigenvalue weighted by molar-refractivity contribution is 14.0. The van der Waals surface area contributed by atoms with Crippen LogP contribution in [0.1, 0.15) is 20.8 Å². The summed E-state index contributed by atoms with van der Waals surface area (Å²) in [4.78, 5) is 4.10. The Labute approximate surface area is 109 Å². The molecule has 0 fully saturated rings. The zero-order valence-electron chi connectivity index (χ0n) is 9.68. The molecule has 3 nitrogen and oxygen atoms in total. The summed E-state index contributed by atoms with van der Waals surface area (Å²) in [5, 5.41) is 6.44. The molecule has 14 heavy (non-hydrogen) atoms. The van der Waals surface area contributed by atoms with Crippen LogP contribution in [0.3, 0.4) is 0 Å². The molecule has 0 saturated heterocycles. The van der Waals surface area contributed by atoms with Crippen molar-refractivity contribution in [2.24, 2.45) is 4.99 Å². The van der Waals surface area contributed by atoms with Gasteiger partial charge in [0.05, 0.1) is 0 Å². The fraction of sp³-hybridized carbons (Fsp3) is 0.889. The number of rotatable bonds is 4. The molecule has 0 atom stereocenters. The summed E-state index contributed by atoms with van der Waals surface area (Å²) in [6.07, 6.45) is 2.12. The van der Waals surface area contributed by atoms with Crippen LogP contribution in [0, 0.1) is 0 Å². The van der Waals surface area contributed by atoms with Crippen molar-refractivity contribution in [1.29, 1.82) is 0 Å². The van der Waals surface area contributed by atoms with Crippen LogP contribution in [0.2, 0.25) is 0 Å². The topological polar surface area (TPSA) is 36.4 Å². The largest absolute Gasteiger partial charge is 0.357 e. The summed E-state index contributed by atoms with van der Waals surface area (Å²) >= 11 is 1.85. The van der Waals surface area contributed by atoms with E-state index in [2.05, 4.69) is 42.7 Å². The minimum Gasteiger partial charge on any atom is -0.357 e. The fourth-order valence-corrected chi connectivity index (χ4v) is 0.973. The van der Waals surface area contributed by atoms with Crippen molar-refractivity contribution in [3.8, 4) is 0 Å². The molecular weight excluding hydrogens is 309 g/mol. The van der Waals surface area contributed by atoms with Crippen LogP contribution in [-0.4, -0.2) is 37.1 Å². The Morgan fingerprint density at radius 3 is 2.29 bits per heavy atom. The third kappa shape index (κ3) is 7.73. The van der Waals surface area contributed by atoms with E-state index in [1.807, 2.05) is 11.8 Å². The van der Waals surface area contributed by atoms with Gasteiger partial charge in [-0.1, -0.05) is 0 Å². The number of hydrogen-bond donors (Lipinski definition) is 2. The quantitative estimate of drug-likeness (QED) is 0.470. The molecule has 0 radical (unpaired) electrons. The van der Waals surface area contributed by atoms with Gasteiger partial charge in [-0.2, -0.15) is 11.8 Å². The molecule has 0 aliphatic rings.